The van der Waals surface area contributed by atoms with E-state index in [4.69, 9.17) is 11.6 Å². The largest absolute Gasteiger partial charge is 0.433 e. The molecule has 0 aliphatic carbocycles. The maximum Gasteiger partial charge on any atom is 0.433 e. The Morgan fingerprint density at radius 2 is 1.44 bits per heavy atom. The number of hydrogen-bond acceptors (Lipinski definition) is 2. The van der Waals surface area contributed by atoms with Crippen molar-refractivity contribution < 1.29 is 13.2 Å². The molecule has 0 fully saturated rings. The molecule has 136 valence electrons. The Morgan fingerprint density at radius 3 is 2.07 bits per heavy atom. The predicted molar refractivity (Wildman–Crippen MR) is 102 cm³/mol. The maximum absolute atomic E-state index is 13.6. The summed E-state index contributed by atoms with van der Waals surface area (Å²) in [5.41, 5.74) is 1.09. The lowest BCUT2D eigenvalue weighted by Crippen LogP contribution is -2.13. The van der Waals surface area contributed by atoms with E-state index < -0.39 is 11.9 Å². The average Bonchev–Trinajstić information content (AvgIpc) is 3.05. The number of rotatable bonds is 2. The van der Waals surface area contributed by atoms with Crippen molar-refractivity contribution >= 4 is 33.2 Å². The summed E-state index contributed by atoms with van der Waals surface area (Å²) in [6.07, 6.45) is -4.57. The standard InChI is InChI=1S/C19H10BrClF3N3/c20-13-5-1-11(2-6-13)15-9-17(19(22,23)24)27-18(25-15)10-16(26-27)12-3-7-14(21)8-4-12/h1-10H. The Labute approximate surface area is 165 Å². The van der Waals surface area contributed by atoms with Gasteiger partial charge in [0.25, 0.3) is 0 Å². The summed E-state index contributed by atoms with van der Waals surface area (Å²) in [5, 5.41) is 4.65. The Morgan fingerprint density at radius 1 is 0.852 bits per heavy atom. The van der Waals surface area contributed by atoms with Gasteiger partial charge in [0, 0.05) is 26.7 Å². The number of hydrogen-bond donors (Lipinski definition) is 0. The smallest absolute Gasteiger partial charge is 0.228 e. The van der Waals surface area contributed by atoms with Crippen LogP contribution in [-0.2, 0) is 6.18 Å². The van der Waals surface area contributed by atoms with Crippen LogP contribution in [0.15, 0.2) is 65.1 Å². The van der Waals surface area contributed by atoms with Gasteiger partial charge in [0.05, 0.1) is 11.4 Å². The first-order chi connectivity index (χ1) is 12.8. The van der Waals surface area contributed by atoms with Gasteiger partial charge in [0.2, 0.25) is 0 Å². The van der Waals surface area contributed by atoms with Gasteiger partial charge in [0.15, 0.2) is 11.3 Å². The first kappa shape index (κ1) is 18.0. The summed E-state index contributed by atoms with van der Waals surface area (Å²) >= 11 is 9.19. The molecule has 0 atom stereocenters. The molecule has 0 saturated heterocycles. The fourth-order valence-corrected chi connectivity index (χ4v) is 3.10. The molecule has 0 radical (unpaired) electrons. The Bertz CT molecular complexity index is 1120. The quantitative estimate of drug-likeness (QED) is 0.348. The van der Waals surface area contributed by atoms with E-state index in [0.717, 1.165) is 15.1 Å². The molecule has 0 spiro atoms. The van der Waals surface area contributed by atoms with Crippen molar-refractivity contribution in [2.75, 3.05) is 0 Å². The third kappa shape index (κ3) is 3.57. The predicted octanol–water partition coefficient (Wildman–Crippen LogP) is 6.50. The van der Waals surface area contributed by atoms with E-state index in [-0.39, 0.29) is 11.3 Å². The molecule has 2 aromatic carbocycles. The van der Waals surface area contributed by atoms with Crippen LogP contribution in [0.3, 0.4) is 0 Å². The van der Waals surface area contributed by atoms with E-state index in [1.807, 2.05) is 0 Å². The van der Waals surface area contributed by atoms with E-state index in [9.17, 15) is 13.2 Å². The lowest BCUT2D eigenvalue weighted by Gasteiger charge is -2.11. The zero-order valence-corrected chi connectivity index (χ0v) is 15.8. The van der Waals surface area contributed by atoms with Crippen molar-refractivity contribution in [2.45, 2.75) is 6.18 Å². The van der Waals surface area contributed by atoms with Crippen molar-refractivity contribution in [3.05, 3.63) is 75.9 Å². The second-order valence-corrected chi connectivity index (χ2v) is 7.19. The Hall–Kier alpha value is -2.38. The number of halogens is 5. The third-order valence-electron chi connectivity index (χ3n) is 4.00. The van der Waals surface area contributed by atoms with Gasteiger partial charge in [-0.3, -0.25) is 0 Å². The van der Waals surface area contributed by atoms with Crippen LogP contribution >= 0.6 is 27.5 Å². The average molecular weight is 453 g/mol. The summed E-state index contributed by atoms with van der Waals surface area (Å²) < 4.78 is 42.5. The maximum atomic E-state index is 13.6. The molecule has 3 nitrogen and oxygen atoms in total. The molecule has 8 heteroatoms. The normalized spacial score (nSPS) is 11.9. The molecule has 0 amide bonds. The number of fused-ring (bicyclic) bond motifs is 1. The van der Waals surface area contributed by atoms with Crippen molar-refractivity contribution in [3.63, 3.8) is 0 Å². The highest BCUT2D eigenvalue weighted by Gasteiger charge is 2.35. The minimum atomic E-state index is -4.57. The molecule has 27 heavy (non-hydrogen) atoms. The number of alkyl halides is 3. The lowest BCUT2D eigenvalue weighted by molar-refractivity contribution is -0.142. The van der Waals surface area contributed by atoms with Crippen LogP contribution in [-0.4, -0.2) is 14.6 Å². The zero-order chi connectivity index (χ0) is 19.2. The lowest BCUT2D eigenvalue weighted by atomic mass is 10.1. The van der Waals surface area contributed by atoms with E-state index in [2.05, 4.69) is 26.0 Å². The number of aromatic nitrogens is 3. The molecule has 0 N–H and O–H groups in total. The van der Waals surface area contributed by atoms with E-state index in [1.165, 1.54) is 6.07 Å². The zero-order valence-electron chi connectivity index (χ0n) is 13.5. The van der Waals surface area contributed by atoms with Crippen molar-refractivity contribution in [1.29, 1.82) is 0 Å². The Kier molecular flexibility index (Phi) is 4.44. The minimum absolute atomic E-state index is 0.118. The topological polar surface area (TPSA) is 30.2 Å². The fourth-order valence-electron chi connectivity index (χ4n) is 2.71. The van der Waals surface area contributed by atoms with Crippen LogP contribution in [0.1, 0.15) is 5.69 Å². The van der Waals surface area contributed by atoms with Gasteiger partial charge in [-0.05, 0) is 30.3 Å². The van der Waals surface area contributed by atoms with Crippen LogP contribution in [0.25, 0.3) is 28.2 Å². The molecule has 2 heterocycles. The van der Waals surface area contributed by atoms with Crippen LogP contribution in [0, 0.1) is 0 Å². The van der Waals surface area contributed by atoms with Gasteiger partial charge in [-0.15, -0.1) is 0 Å². The van der Waals surface area contributed by atoms with Gasteiger partial charge in [-0.2, -0.15) is 18.3 Å². The molecular weight excluding hydrogens is 443 g/mol. The van der Waals surface area contributed by atoms with E-state index in [0.29, 0.717) is 21.8 Å². The van der Waals surface area contributed by atoms with E-state index in [1.54, 1.807) is 48.5 Å². The molecule has 0 aliphatic heterocycles. The van der Waals surface area contributed by atoms with Crippen molar-refractivity contribution in [3.8, 4) is 22.5 Å². The van der Waals surface area contributed by atoms with Crippen LogP contribution < -0.4 is 0 Å². The monoisotopic (exact) mass is 451 g/mol. The van der Waals surface area contributed by atoms with Crippen molar-refractivity contribution in [1.82, 2.24) is 14.6 Å². The summed E-state index contributed by atoms with van der Waals surface area (Å²) in [4.78, 5) is 4.37. The SMILES string of the molecule is FC(F)(F)c1cc(-c2ccc(Br)cc2)nc2cc(-c3ccc(Cl)cc3)nn12. The summed E-state index contributed by atoms with van der Waals surface area (Å²) in [7, 11) is 0. The summed E-state index contributed by atoms with van der Waals surface area (Å²) in [6, 6.07) is 16.2. The van der Waals surface area contributed by atoms with Crippen LogP contribution in [0.5, 0.6) is 0 Å². The molecule has 4 aromatic rings. The highest BCUT2D eigenvalue weighted by atomic mass is 79.9. The summed E-state index contributed by atoms with van der Waals surface area (Å²) in [5.74, 6) is 0. The van der Waals surface area contributed by atoms with Gasteiger partial charge < -0.3 is 0 Å². The highest BCUT2D eigenvalue weighted by molar-refractivity contribution is 9.10. The molecule has 2 aromatic heterocycles. The fraction of sp³-hybridized carbons (Fsp3) is 0.0526. The van der Waals surface area contributed by atoms with Gasteiger partial charge in [-0.1, -0.05) is 51.8 Å². The third-order valence-corrected chi connectivity index (χ3v) is 4.78. The second-order valence-electron chi connectivity index (χ2n) is 5.84. The van der Waals surface area contributed by atoms with Crippen LogP contribution in [0.2, 0.25) is 5.02 Å². The molecule has 0 unspecified atom stereocenters. The molecular formula is C19H10BrClF3N3. The molecule has 4 rings (SSSR count). The summed E-state index contributed by atoms with van der Waals surface area (Å²) in [6.45, 7) is 0. The first-order valence-corrected chi connectivity index (χ1v) is 8.98. The van der Waals surface area contributed by atoms with Gasteiger partial charge in [0.1, 0.15) is 0 Å². The highest BCUT2D eigenvalue weighted by Crippen LogP contribution is 2.33. The van der Waals surface area contributed by atoms with Crippen molar-refractivity contribution in [2.24, 2.45) is 0 Å². The number of benzene rings is 2. The van der Waals surface area contributed by atoms with Gasteiger partial charge >= 0.3 is 6.18 Å². The van der Waals surface area contributed by atoms with Crippen LogP contribution in [0.4, 0.5) is 13.2 Å². The van der Waals surface area contributed by atoms with E-state index >= 15 is 0 Å². The number of nitrogens with zero attached hydrogens (tertiary/aromatic N) is 3. The molecule has 0 saturated carbocycles. The first-order valence-electron chi connectivity index (χ1n) is 7.81. The van der Waals surface area contributed by atoms with Gasteiger partial charge in [-0.25, -0.2) is 9.50 Å². The Balaban J connectivity index is 1.93. The minimum Gasteiger partial charge on any atom is -0.228 e. The molecule has 0 bridgehead atoms. The molecule has 0 aliphatic rings. The second kappa shape index (κ2) is 6.65.